The molecule has 1 unspecified atom stereocenters. The van der Waals surface area contributed by atoms with Gasteiger partial charge in [-0.05, 0) is 24.1 Å². The van der Waals surface area contributed by atoms with Gasteiger partial charge in [0.1, 0.15) is 0 Å². The Hall–Kier alpha value is -1.10. The molecule has 96 valence electrons. The number of hydrogen-bond acceptors (Lipinski definition) is 4. The molecule has 3 nitrogen and oxygen atoms in total. The van der Waals surface area contributed by atoms with Crippen molar-refractivity contribution in [2.24, 2.45) is 0 Å². The van der Waals surface area contributed by atoms with Crippen molar-refractivity contribution in [3.8, 4) is 5.88 Å². The smallest absolute Gasteiger partial charge is 0.218 e. The van der Waals surface area contributed by atoms with Crippen LogP contribution in [0.1, 0.15) is 23.4 Å². The van der Waals surface area contributed by atoms with Crippen molar-refractivity contribution in [3.05, 3.63) is 45.2 Å². The van der Waals surface area contributed by atoms with E-state index in [2.05, 4.69) is 17.2 Å². The van der Waals surface area contributed by atoms with Gasteiger partial charge in [0.15, 0.2) is 0 Å². The average molecular weight is 283 g/mol. The minimum Gasteiger partial charge on any atom is -0.481 e. The van der Waals surface area contributed by atoms with Crippen LogP contribution in [0.4, 0.5) is 0 Å². The van der Waals surface area contributed by atoms with E-state index in [1.54, 1.807) is 24.6 Å². The Morgan fingerprint density at radius 2 is 2.33 bits per heavy atom. The van der Waals surface area contributed by atoms with Gasteiger partial charge in [-0.1, -0.05) is 24.6 Å². The molecule has 2 aromatic heterocycles. The molecule has 2 rings (SSSR count). The highest BCUT2D eigenvalue weighted by Crippen LogP contribution is 2.35. The number of nitrogens with one attached hydrogen (secondary N) is 1. The molecule has 0 amide bonds. The summed E-state index contributed by atoms with van der Waals surface area (Å²) in [6, 6.07) is 5.85. The van der Waals surface area contributed by atoms with Gasteiger partial charge < -0.3 is 10.1 Å². The van der Waals surface area contributed by atoms with Crippen LogP contribution < -0.4 is 10.1 Å². The van der Waals surface area contributed by atoms with Gasteiger partial charge in [-0.2, -0.15) is 0 Å². The van der Waals surface area contributed by atoms with Gasteiger partial charge in [-0.15, -0.1) is 11.3 Å². The van der Waals surface area contributed by atoms with Crippen molar-refractivity contribution in [3.63, 3.8) is 0 Å². The van der Waals surface area contributed by atoms with Crippen molar-refractivity contribution in [1.29, 1.82) is 0 Å². The Bertz CT molecular complexity index is 515. The SMILES string of the molecule is CCNC(c1cccnc1OC)c1sccc1Cl. The monoisotopic (exact) mass is 282 g/mol. The van der Waals surface area contributed by atoms with E-state index in [0.717, 1.165) is 22.0 Å². The Morgan fingerprint density at radius 1 is 1.50 bits per heavy atom. The molecule has 0 saturated carbocycles. The summed E-state index contributed by atoms with van der Waals surface area (Å²) in [6.07, 6.45) is 1.72. The summed E-state index contributed by atoms with van der Waals surface area (Å²) in [5.74, 6) is 0.632. The summed E-state index contributed by atoms with van der Waals surface area (Å²) in [5, 5.41) is 6.19. The zero-order valence-corrected chi connectivity index (χ0v) is 11.9. The Morgan fingerprint density at radius 3 is 2.94 bits per heavy atom. The van der Waals surface area contributed by atoms with Crippen molar-refractivity contribution < 1.29 is 4.74 Å². The molecule has 0 aromatic carbocycles. The fourth-order valence-corrected chi connectivity index (χ4v) is 3.11. The van der Waals surface area contributed by atoms with E-state index in [1.165, 1.54) is 0 Å². The van der Waals surface area contributed by atoms with Crippen LogP contribution >= 0.6 is 22.9 Å². The molecule has 5 heteroatoms. The van der Waals surface area contributed by atoms with Gasteiger partial charge in [0, 0.05) is 16.6 Å². The molecule has 2 aromatic rings. The van der Waals surface area contributed by atoms with Gasteiger partial charge in [0.25, 0.3) is 0 Å². The van der Waals surface area contributed by atoms with Crippen molar-refractivity contribution in [2.75, 3.05) is 13.7 Å². The number of nitrogens with zero attached hydrogens (tertiary/aromatic N) is 1. The highest BCUT2D eigenvalue weighted by Gasteiger charge is 2.21. The van der Waals surface area contributed by atoms with Crippen LogP contribution in [0, 0.1) is 0 Å². The second-order valence-electron chi connectivity index (χ2n) is 3.73. The fourth-order valence-electron chi connectivity index (χ4n) is 1.85. The lowest BCUT2D eigenvalue weighted by atomic mass is 10.1. The maximum atomic E-state index is 6.22. The lowest BCUT2D eigenvalue weighted by Crippen LogP contribution is -2.22. The second-order valence-corrected chi connectivity index (χ2v) is 5.08. The normalized spacial score (nSPS) is 12.4. The quantitative estimate of drug-likeness (QED) is 0.911. The maximum Gasteiger partial charge on any atom is 0.218 e. The summed E-state index contributed by atoms with van der Waals surface area (Å²) in [5.41, 5.74) is 1.01. The van der Waals surface area contributed by atoms with Crippen LogP contribution in [0.5, 0.6) is 5.88 Å². The molecule has 0 fully saturated rings. The van der Waals surface area contributed by atoms with Crippen LogP contribution in [0.2, 0.25) is 5.02 Å². The van der Waals surface area contributed by atoms with Gasteiger partial charge in [0.05, 0.1) is 18.2 Å². The molecule has 0 radical (unpaired) electrons. The predicted molar refractivity (Wildman–Crippen MR) is 75.6 cm³/mol. The van der Waals surface area contributed by atoms with Crippen molar-refractivity contribution in [1.82, 2.24) is 10.3 Å². The fraction of sp³-hybridized carbons (Fsp3) is 0.308. The number of hydrogen-bond donors (Lipinski definition) is 1. The summed E-state index contributed by atoms with van der Waals surface area (Å²) in [7, 11) is 1.63. The first-order chi connectivity index (χ1) is 8.77. The lowest BCUT2D eigenvalue weighted by Gasteiger charge is -2.19. The zero-order chi connectivity index (χ0) is 13.0. The third kappa shape index (κ3) is 2.66. The Kier molecular flexibility index (Phi) is 4.58. The largest absolute Gasteiger partial charge is 0.481 e. The minimum absolute atomic E-state index is 0.0196. The van der Waals surface area contributed by atoms with E-state index in [4.69, 9.17) is 16.3 Å². The molecule has 0 bridgehead atoms. The molecule has 0 saturated heterocycles. The first kappa shape index (κ1) is 13.3. The van der Waals surface area contributed by atoms with Gasteiger partial charge in [-0.25, -0.2) is 4.98 Å². The third-order valence-corrected chi connectivity index (χ3v) is 4.04. The molecule has 0 spiro atoms. The summed E-state index contributed by atoms with van der Waals surface area (Å²) < 4.78 is 5.32. The number of ether oxygens (including phenoxy) is 1. The van der Waals surface area contributed by atoms with E-state index in [0.29, 0.717) is 5.88 Å². The predicted octanol–water partition coefficient (Wildman–Crippen LogP) is 3.50. The molecule has 2 heterocycles. The molecule has 0 aliphatic heterocycles. The molecule has 0 aliphatic rings. The van der Waals surface area contributed by atoms with E-state index in [1.807, 2.05) is 23.6 Å². The summed E-state index contributed by atoms with van der Waals surface area (Å²) in [4.78, 5) is 5.33. The zero-order valence-electron chi connectivity index (χ0n) is 10.3. The summed E-state index contributed by atoms with van der Waals surface area (Å²) >= 11 is 7.86. The highest BCUT2D eigenvalue weighted by atomic mass is 35.5. The molecule has 1 atom stereocenters. The molecule has 18 heavy (non-hydrogen) atoms. The van der Waals surface area contributed by atoms with Crippen LogP contribution in [0.15, 0.2) is 29.8 Å². The van der Waals surface area contributed by atoms with Crippen LogP contribution in [0.3, 0.4) is 0 Å². The van der Waals surface area contributed by atoms with Crippen molar-refractivity contribution in [2.45, 2.75) is 13.0 Å². The summed E-state index contributed by atoms with van der Waals surface area (Å²) in [6.45, 7) is 2.91. The number of thiophene rings is 1. The Labute approximate surface area is 116 Å². The van der Waals surface area contributed by atoms with Gasteiger partial charge in [0.2, 0.25) is 5.88 Å². The first-order valence-electron chi connectivity index (χ1n) is 5.73. The molecular formula is C13H15ClN2OS. The van der Waals surface area contributed by atoms with Gasteiger partial charge >= 0.3 is 0 Å². The number of rotatable bonds is 5. The minimum atomic E-state index is 0.0196. The molecule has 0 aliphatic carbocycles. The number of methoxy groups -OCH3 is 1. The van der Waals surface area contributed by atoms with E-state index < -0.39 is 0 Å². The molecule has 1 N–H and O–H groups in total. The van der Waals surface area contributed by atoms with E-state index >= 15 is 0 Å². The van der Waals surface area contributed by atoms with Crippen LogP contribution in [-0.2, 0) is 0 Å². The van der Waals surface area contributed by atoms with Crippen LogP contribution in [-0.4, -0.2) is 18.6 Å². The highest BCUT2D eigenvalue weighted by molar-refractivity contribution is 7.10. The number of pyridine rings is 1. The van der Waals surface area contributed by atoms with Crippen molar-refractivity contribution >= 4 is 22.9 Å². The molecular weight excluding hydrogens is 268 g/mol. The standard InChI is InChI=1S/C13H15ClN2OS/c1-3-15-11(12-10(14)6-8-18-12)9-5-4-7-16-13(9)17-2/h4-8,11,15H,3H2,1-2H3. The average Bonchev–Trinajstić information content (AvgIpc) is 2.82. The lowest BCUT2D eigenvalue weighted by molar-refractivity contribution is 0.387. The van der Waals surface area contributed by atoms with E-state index in [9.17, 15) is 0 Å². The number of halogens is 1. The van der Waals surface area contributed by atoms with Gasteiger partial charge in [-0.3, -0.25) is 0 Å². The maximum absolute atomic E-state index is 6.22. The Balaban J connectivity index is 2.45. The van der Waals surface area contributed by atoms with Crippen LogP contribution in [0.25, 0.3) is 0 Å². The number of aromatic nitrogens is 1. The van der Waals surface area contributed by atoms with E-state index in [-0.39, 0.29) is 6.04 Å². The third-order valence-electron chi connectivity index (χ3n) is 2.62. The topological polar surface area (TPSA) is 34.2 Å². The second kappa shape index (κ2) is 6.18. The first-order valence-corrected chi connectivity index (χ1v) is 6.98.